The summed E-state index contributed by atoms with van der Waals surface area (Å²) in [6.45, 7) is 2.26. The Morgan fingerprint density at radius 2 is 2.31 bits per heavy atom. The first kappa shape index (κ1) is 11.5. The summed E-state index contributed by atoms with van der Waals surface area (Å²) in [7, 11) is 0. The molecule has 2 rings (SSSR count). The summed E-state index contributed by atoms with van der Waals surface area (Å²) in [5.74, 6) is 0.382. The number of aromatic nitrogens is 2. The highest BCUT2D eigenvalue weighted by molar-refractivity contribution is 9.10. The van der Waals surface area contributed by atoms with Gasteiger partial charge in [0, 0.05) is 13.2 Å². The summed E-state index contributed by atoms with van der Waals surface area (Å²) in [5, 5.41) is 14.5. The van der Waals surface area contributed by atoms with E-state index in [1.54, 1.807) is 10.9 Å². The number of nitrogens with zero attached hydrogens (tertiary/aromatic N) is 3. The molecule has 0 aromatic carbocycles. The molecule has 2 heterocycles. The maximum absolute atomic E-state index is 10.6. The van der Waals surface area contributed by atoms with Crippen molar-refractivity contribution in [1.82, 2.24) is 9.78 Å². The topological polar surface area (TPSA) is 70.2 Å². The van der Waals surface area contributed by atoms with Gasteiger partial charge in [0.1, 0.15) is 4.47 Å². The van der Waals surface area contributed by atoms with Crippen molar-refractivity contribution in [2.45, 2.75) is 19.4 Å². The van der Waals surface area contributed by atoms with Gasteiger partial charge in [-0.1, -0.05) is 0 Å². The van der Waals surface area contributed by atoms with Crippen molar-refractivity contribution in [3.8, 4) is 0 Å². The summed E-state index contributed by atoms with van der Waals surface area (Å²) in [5.41, 5.74) is 0. The molecule has 1 aromatic heterocycles. The second-order valence-electron chi connectivity index (χ2n) is 3.84. The number of ether oxygens (including phenoxy) is 1. The zero-order valence-electron chi connectivity index (χ0n) is 8.63. The van der Waals surface area contributed by atoms with Gasteiger partial charge in [-0.05, 0) is 39.6 Å². The van der Waals surface area contributed by atoms with Crippen LogP contribution in [0.1, 0.15) is 12.8 Å². The molecular weight excluding hydrogens is 278 g/mol. The predicted octanol–water partition coefficient (Wildman–Crippen LogP) is 1.98. The summed E-state index contributed by atoms with van der Waals surface area (Å²) in [6.07, 6.45) is 3.64. The maximum atomic E-state index is 10.6. The molecular formula is C9H12BrN3O3. The van der Waals surface area contributed by atoms with E-state index in [9.17, 15) is 10.1 Å². The molecule has 0 spiro atoms. The lowest BCUT2D eigenvalue weighted by molar-refractivity contribution is -0.390. The molecule has 1 saturated heterocycles. The Morgan fingerprint density at radius 3 is 2.88 bits per heavy atom. The van der Waals surface area contributed by atoms with Crippen LogP contribution in [0.25, 0.3) is 0 Å². The second-order valence-corrected chi connectivity index (χ2v) is 4.69. The van der Waals surface area contributed by atoms with Crippen LogP contribution in [0.2, 0.25) is 0 Å². The van der Waals surface area contributed by atoms with Gasteiger partial charge >= 0.3 is 5.82 Å². The predicted molar refractivity (Wildman–Crippen MR) is 60.1 cm³/mol. The lowest BCUT2D eigenvalue weighted by atomic mass is 10.0. The number of hydrogen-bond acceptors (Lipinski definition) is 4. The Kier molecular flexibility index (Phi) is 3.55. The first-order valence-corrected chi connectivity index (χ1v) is 5.91. The third-order valence-corrected chi connectivity index (χ3v) is 3.22. The minimum Gasteiger partial charge on any atom is -0.381 e. The Morgan fingerprint density at radius 1 is 1.62 bits per heavy atom. The van der Waals surface area contributed by atoms with Crippen LogP contribution in [0.5, 0.6) is 0 Å². The SMILES string of the molecule is O=[N+]([O-])c1nn(CC2CCOCC2)cc1Br. The van der Waals surface area contributed by atoms with Crippen molar-refractivity contribution in [3.63, 3.8) is 0 Å². The van der Waals surface area contributed by atoms with Crippen molar-refractivity contribution in [2.75, 3.05) is 13.2 Å². The van der Waals surface area contributed by atoms with Crippen LogP contribution in [0.3, 0.4) is 0 Å². The van der Waals surface area contributed by atoms with Gasteiger partial charge < -0.3 is 14.9 Å². The van der Waals surface area contributed by atoms with E-state index >= 15 is 0 Å². The van der Waals surface area contributed by atoms with Crippen molar-refractivity contribution < 1.29 is 9.66 Å². The first-order valence-electron chi connectivity index (χ1n) is 5.12. The van der Waals surface area contributed by atoms with Gasteiger partial charge in [-0.3, -0.25) is 0 Å². The van der Waals surface area contributed by atoms with Gasteiger partial charge in [-0.15, -0.1) is 0 Å². The zero-order chi connectivity index (χ0) is 11.5. The molecule has 0 bridgehead atoms. The summed E-state index contributed by atoms with van der Waals surface area (Å²) >= 11 is 3.13. The molecule has 0 N–H and O–H groups in total. The Labute approximate surface area is 101 Å². The van der Waals surface area contributed by atoms with Crippen LogP contribution in [-0.4, -0.2) is 27.9 Å². The lowest BCUT2D eigenvalue weighted by Crippen LogP contribution is -2.20. The molecule has 0 amide bonds. The quantitative estimate of drug-likeness (QED) is 0.630. The molecule has 0 radical (unpaired) electrons. The summed E-state index contributed by atoms with van der Waals surface area (Å²) in [6, 6.07) is 0. The minimum absolute atomic E-state index is 0.118. The normalized spacial score (nSPS) is 17.6. The molecule has 7 heteroatoms. The van der Waals surface area contributed by atoms with E-state index in [0.717, 1.165) is 32.6 Å². The molecule has 1 aliphatic heterocycles. The molecule has 16 heavy (non-hydrogen) atoms. The van der Waals surface area contributed by atoms with E-state index in [1.807, 2.05) is 0 Å². The molecule has 0 aliphatic carbocycles. The highest BCUT2D eigenvalue weighted by Gasteiger charge is 2.21. The monoisotopic (exact) mass is 289 g/mol. The standard InChI is InChI=1S/C9H12BrN3O3/c10-8-6-12(11-9(8)13(14)15)5-7-1-3-16-4-2-7/h6-7H,1-5H2. The fraction of sp³-hybridized carbons (Fsp3) is 0.667. The highest BCUT2D eigenvalue weighted by atomic mass is 79.9. The van der Waals surface area contributed by atoms with Gasteiger partial charge in [-0.25, -0.2) is 0 Å². The van der Waals surface area contributed by atoms with Crippen LogP contribution < -0.4 is 0 Å². The third kappa shape index (κ3) is 2.59. The van der Waals surface area contributed by atoms with Crippen LogP contribution in [0, 0.1) is 16.0 Å². The number of rotatable bonds is 3. The van der Waals surface area contributed by atoms with Crippen LogP contribution in [-0.2, 0) is 11.3 Å². The smallest absolute Gasteiger partial charge is 0.381 e. The van der Waals surface area contributed by atoms with Gasteiger partial charge in [0.2, 0.25) is 0 Å². The molecule has 88 valence electrons. The van der Waals surface area contributed by atoms with Crippen LogP contribution >= 0.6 is 15.9 Å². The number of hydrogen-bond donors (Lipinski definition) is 0. The number of nitro groups is 1. The molecule has 1 aliphatic rings. The minimum atomic E-state index is -0.482. The van der Waals surface area contributed by atoms with Gasteiger partial charge in [0.25, 0.3) is 0 Å². The fourth-order valence-electron chi connectivity index (χ4n) is 1.80. The maximum Gasteiger partial charge on any atom is 0.404 e. The Balaban J connectivity index is 2.03. The molecule has 0 atom stereocenters. The van der Waals surface area contributed by atoms with Crippen molar-refractivity contribution in [3.05, 3.63) is 20.8 Å². The van der Waals surface area contributed by atoms with E-state index in [-0.39, 0.29) is 5.82 Å². The largest absolute Gasteiger partial charge is 0.404 e. The molecule has 1 aromatic rings. The van der Waals surface area contributed by atoms with Gasteiger partial charge in [0.15, 0.2) is 0 Å². The fourth-order valence-corrected chi connectivity index (χ4v) is 2.26. The van der Waals surface area contributed by atoms with Crippen molar-refractivity contribution >= 4 is 21.7 Å². The molecule has 6 nitrogen and oxygen atoms in total. The lowest BCUT2D eigenvalue weighted by Gasteiger charge is -2.20. The van der Waals surface area contributed by atoms with E-state index in [0.29, 0.717) is 10.4 Å². The van der Waals surface area contributed by atoms with Crippen LogP contribution in [0.4, 0.5) is 5.82 Å². The van der Waals surface area contributed by atoms with Crippen molar-refractivity contribution in [2.24, 2.45) is 5.92 Å². The van der Waals surface area contributed by atoms with E-state index in [4.69, 9.17) is 4.74 Å². The van der Waals surface area contributed by atoms with Crippen LogP contribution in [0.15, 0.2) is 10.7 Å². The molecule has 1 fully saturated rings. The van der Waals surface area contributed by atoms with Crippen molar-refractivity contribution in [1.29, 1.82) is 0 Å². The van der Waals surface area contributed by atoms with E-state index in [1.165, 1.54) is 0 Å². The Hall–Kier alpha value is -0.950. The summed E-state index contributed by atoms with van der Waals surface area (Å²) in [4.78, 5) is 10.1. The molecule has 0 unspecified atom stereocenters. The average Bonchev–Trinajstić information content (AvgIpc) is 2.61. The zero-order valence-corrected chi connectivity index (χ0v) is 10.2. The second kappa shape index (κ2) is 4.92. The van der Waals surface area contributed by atoms with E-state index in [2.05, 4.69) is 21.0 Å². The first-order chi connectivity index (χ1) is 7.66. The summed E-state index contributed by atoms with van der Waals surface area (Å²) < 4.78 is 7.33. The average molecular weight is 290 g/mol. The van der Waals surface area contributed by atoms with Gasteiger partial charge in [0.05, 0.1) is 17.8 Å². The Bertz CT molecular complexity index is 387. The highest BCUT2D eigenvalue weighted by Crippen LogP contribution is 2.24. The third-order valence-electron chi connectivity index (χ3n) is 2.66. The van der Waals surface area contributed by atoms with E-state index < -0.39 is 4.92 Å². The van der Waals surface area contributed by atoms with Gasteiger partial charge in [-0.2, -0.15) is 4.68 Å². The molecule has 0 saturated carbocycles. The number of halogens is 1.